The number of anilines is 1. The number of carbonyl (C=O) groups is 1. The largest absolute Gasteiger partial charge is 0.356 e. The number of piperidine rings is 1. The maximum absolute atomic E-state index is 12.3. The minimum absolute atomic E-state index is 0.0531. The van der Waals surface area contributed by atoms with Gasteiger partial charge in [-0.05, 0) is 44.1 Å². The fourth-order valence-corrected chi connectivity index (χ4v) is 4.21. The lowest BCUT2D eigenvalue weighted by atomic mass is 10.0. The zero-order valence-corrected chi connectivity index (χ0v) is 17.6. The Bertz CT molecular complexity index is 755. The summed E-state index contributed by atoms with van der Waals surface area (Å²) in [4.78, 5) is 23.4. The molecule has 28 heavy (non-hydrogen) atoms. The van der Waals surface area contributed by atoms with Crippen molar-refractivity contribution in [3.63, 3.8) is 0 Å². The summed E-state index contributed by atoms with van der Waals surface area (Å²) in [5, 5.41) is 3.95. The zero-order chi connectivity index (χ0) is 19.8. The summed E-state index contributed by atoms with van der Waals surface area (Å²) in [5.74, 6) is 2.10. The van der Waals surface area contributed by atoms with Gasteiger partial charge in [0.15, 0.2) is 0 Å². The molecule has 1 aliphatic rings. The summed E-state index contributed by atoms with van der Waals surface area (Å²) in [6, 6.07) is 12.5. The Kier molecular flexibility index (Phi) is 7.71. The fraction of sp³-hybridized carbons (Fsp3) is 0.500. The third kappa shape index (κ3) is 6.51. The van der Waals surface area contributed by atoms with Crippen molar-refractivity contribution in [1.82, 2.24) is 15.3 Å². The Morgan fingerprint density at radius 3 is 2.93 bits per heavy atom. The first kappa shape index (κ1) is 20.6. The first-order valence-electron chi connectivity index (χ1n) is 10.1. The Balaban J connectivity index is 1.43. The average Bonchev–Trinajstić information content (AvgIpc) is 2.72. The second-order valence-electron chi connectivity index (χ2n) is 7.69. The Morgan fingerprint density at radius 1 is 1.32 bits per heavy atom. The summed E-state index contributed by atoms with van der Waals surface area (Å²) in [6.07, 6.45) is 6.00. The lowest BCUT2D eigenvalue weighted by molar-refractivity contribution is -0.119. The molecule has 0 radical (unpaired) electrons. The number of carbonyl (C=O) groups excluding carboxylic acids is 1. The molecule has 1 aliphatic heterocycles. The topological polar surface area (TPSA) is 58.1 Å². The van der Waals surface area contributed by atoms with Crippen LogP contribution in [0.25, 0.3) is 0 Å². The molecule has 1 fully saturated rings. The van der Waals surface area contributed by atoms with E-state index in [4.69, 9.17) is 0 Å². The number of hydrogen-bond donors (Lipinski definition) is 1. The highest BCUT2D eigenvalue weighted by atomic mass is 32.2. The molecule has 150 valence electrons. The van der Waals surface area contributed by atoms with Crippen LogP contribution in [0.3, 0.4) is 0 Å². The number of benzene rings is 1. The molecule has 6 heteroatoms. The van der Waals surface area contributed by atoms with Gasteiger partial charge < -0.3 is 10.2 Å². The van der Waals surface area contributed by atoms with Gasteiger partial charge in [-0.2, -0.15) is 0 Å². The highest BCUT2D eigenvalue weighted by Crippen LogP contribution is 2.24. The van der Waals surface area contributed by atoms with Gasteiger partial charge in [-0.3, -0.25) is 4.79 Å². The molecule has 2 aromatic rings. The van der Waals surface area contributed by atoms with Crippen LogP contribution in [0, 0.1) is 5.92 Å². The number of nitrogens with one attached hydrogen (secondary N) is 1. The SMILES string of the molecule is C[C@@H]1CCCN(c2cc(SCC(=O)N[C@H](C)CCc3ccccc3)ncn2)C1. The quantitative estimate of drug-likeness (QED) is 0.539. The molecule has 0 bridgehead atoms. The molecule has 0 unspecified atom stereocenters. The van der Waals surface area contributed by atoms with E-state index in [9.17, 15) is 4.79 Å². The van der Waals surface area contributed by atoms with Crippen LogP contribution in [0.1, 0.15) is 38.7 Å². The molecule has 1 amide bonds. The van der Waals surface area contributed by atoms with E-state index in [0.29, 0.717) is 11.7 Å². The molecule has 0 spiro atoms. The molecule has 0 saturated carbocycles. The highest BCUT2D eigenvalue weighted by Gasteiger charge is 2.18. The second kappa shape index (κ2) is 10.5. The highest BCUT2D eigenvalue weighted by molar-refractivity contribution is 7.99. The minimum atomic E-state index is 0.0531. The maximum atomic E-state index is 12.3. The van der Waals surface area contributed by atoms with Crippen LogP contribution in [0.5, 0.6) is 0 Å². The van der Waals surface area contributed by atoms with E-state index < -0.39 is 0 Å². The van der Waals surface area contributed by atoms with Crippen LogP contribution in [0.15, 0.2) is 47.8 Å². The van der Waals surface area contributed by atoms with Gasteiger partial charge in [0.25, 0.3) is 0 Å². The van der Waals surface area contributed by atoms with E-state index in [1.54, 1.807) is 6.33 Å². The summed E-state index contributed by atoms with van der Waals surface area (Å²) >= 11 is 1.47. The number of thioether (sulfide) groups is 1. The van der Waals surface area contributed by atoms with E-state index in [1.807, 2.05) is 12.1 Å². The molecule has 1 N–H and O–H groups in total. The Labute approximate surface area is 172 Å². The van der Waals surface area contributed by atoms with E-state index in [1.165, 1.54) is 30.2 Å². The lowest BCUT2D eigenvalue weighted by Crippen LogP contribution is -2.35. The van der Waals surface area contributed by atoms with Crippen molar-refractivity contribution in [3.05, 3.63) is 48.3 Å². The molecular weight excluding hydrogens is 368 g/mol. The van der Waals surface area contributed by atoms with E-state index in [2.05, 4.69) is 58.3 Å². The van der Waals surface area contributed by atoms with Crippen LogP contribution >= 0.6 is 11.8 Å². The van der Waals surface area contributed by atoms with Crippen molar-refractivity contribution < 1.29 is 4.79 Å². The number of nitrogens with zero attached hydrogens (tertiary/aromatic N) is 3. The van der Waals surface area contributed by atoms with Gasteiger partial charge in [0.2, 0.25) is 5.91 Å². The van der Waals surface area contributed by atoms with Crippen molar-refractivity contribution in [2.24, 2.45) is 5.92 Å². The first-order valence-corrected chi connectivity index (χ1v) is 11.1. The normalized spacial score (nSPS) is 17.9. The second-order valence-corrected chi connectivity index (χ2v) is 8.68. The van der Waals surface area contributed by atoms with Gasteiger partial charge in [-0.1, -0.05) is 49.0 Å². The third-order valence-corrected chi connectivity index (χ3v) is 6.00. The van der Waals surface area contributed by atoms with Crippen molar-refractivity contribution >= 4 is 23.5 Å². The third-order valence-electron chi connectivity index (χ3n) is 5.08. The average molecular weight is 399 g/mol. The molecule has 1 saturated heterocycles. The molecule has 2 atom stereocenters. The molecule has 1 aromatic carbocycles. The lowest BCUT2D eigenvalue weighted by Gasteiger charge is -2.31. The van der Waals surface area contributed by atoms with Crippen molar-refractivity contribution in [3.8, 4) is 0 Å². The molecule has 2 heterocycles. The monoisotopic (exact) mass is 398 g/mol. The van der Waals surface area contributed by atoms with Crippen LogP contribution in [-0.4, -0.2) is 40.8 Å². The summed E-state index contributed by atoms with van der Waals surface area (Å²) in [7, 11) is 0. The van der Waals surface area contributed by atoms with E-state index in [0.717, 1.165) is 36.8 Å². The van der Waals surface area contributed by atoms with Gasteiger partial charge in [0.05, 0.1) is 5.75 Å². The summed E-state index contributed by atoms with van der Waals surface area (Å²) in [6.45, 7) is 6.43. The van der Waals surface area contributed by atoms with Crippen LogP contribution in [-0.2, 0) is 11.2 Å². The van der Waals surface area contributed by atoms with E-state index >= 15 is 0 Å². The Hall–Kier alpha value is -2.08. The van der Waals surface area contributed by atoms with Crippen LogP contribution < -0.4 is 10.2 Å². The van der Waals surface area contributed by atoms with Crippen LogP contribution in [0.4, 0.5) is 5.82 Å². The molecule has 0 aliphatic carbocycles. The molecule has 5 nitrogen and oxygen atoms in total. The van der Waals surface area contributed by atoms with Crippen molar-refractivity contribution in [2.75, 3.05) is 23.7 Å². The first-order chi connectivity index (χ1) is 13.6. The van der Waals surface area contributed by atoms with Gasteiger partial charge >= 0.3 is 0 Å². The number of hydrogen-bond acceptors (Lipinski definition) is 5. The minimum Gasteiger partial charge on any atom is -0.356 e. The molecular formula is C22H30N4OS. The van der Waals surface area contributed by atoms with E-state index in [-0.39, 0.29) is 11.9 Å². The number of aromatic nitrogens is 2. The number of aryl methyl sites for hydroxylation is 1. The predicted octanol–water partition coefficient (Wildman–Crippen LogP) is 3.94. The maximum Gasteiger partial charge on any atom is 0.230 e. The van der Waals surface area contributed by atoms with Crippen LogP contribution in [0.2, 0.25) is 0 Å². The summed E-state index contributed by atoms with van der Waals surface area (Å²) < 4.78 is 0. The van der Waals surface area contributed by atoms with Crippen molar-refractivity contribution in [2.45, 2.75) is 50.6 Å². The van der Waals surface area contributed by atoms with Gasteiger partial charge in [-0.15, -0.1) is 0 Å². The predicted molar refractivity (Wildman–Crippen MR) is 116 cm³/mol. The summed E-state index contributed by atoms with van der Waals surface area (Å²) in [5.41, 5.74) is 1.30. The zero-order valence-electron chi connectivity index (χ0n) is 16.8. The van der Waals surface area contributed by atoms with Crippen molar-refractivity contribution in [1.29, 1.82) is 0 Å². The van der Waals surface area contributed by atoms with Gasteiger partial charge in [0, 0.05) is 25.2 Å². The Morgan fingerprint density at radius 2 is 2.14 bits per heavy atom. The fourth-order valence-electron chi connectivity index (χ4n) is 3.54. The molecule has 3 rings (SSSR count). The smallest absolute Gasteiger partial charge is 0.230 e. The van der Waals surface area contributed by atoms with Gasteiger partial charge in [-0.25, -0.2) is 9.97 Å². The number of rotatable bonds is 8. The number of amides is 1. The standard InChI is InChI=1S/C22H30N4OS/c1-17-7-6-12-26(14-17)20-13-22(24-16-23-20)28-15-21(27)25-18(2)10-11-19-8-4-3-5-9-19/h3-5,8-9,13,16-18H,6-7,10-12,14-15H2,1-2H3,(H,25,27)/t17-,18-/m1/s1. The molecule has 1 aromatic heterocycles. The van der Waals surface area contributed by atoms with Gasteiger partial charge in [0.1, 0.15) is 17.2 Å².